The van der Waals surface area contributed by atoms with E-state index < -0.39 is 0 Å². The van der Waals surface area contributed by atoms with E-state index in [1.807, 2.05) is 6.07 Å². The summed E-state index contributed by atoms with van der Waals surface area (Å²) in [5.74, 6) is 0.520. The van der Waals surface area contributed by atoms with Crippen molar-refractivity contribution >= 4 is 15.9 Å². The SMILES string of the molecule is CC(C)CNCC1(Cc2ccc(F)cc2Br)CC1. The molecule has 1 aromatic carbocycles. The molecule has 0 aromatic heterocycles. The summed E-state index contributed by atoms with van der Waals surface area (Å²) in [6.45, 7) is 6.60. The third-order valence-electron chi connectivity index (χ3n) is 3.59. The first kappa shape index (κ1) is 14.0. The van der Waals surface area contributed by atoms with Crippen molar-refractivity contribution in [1.29, 1.82) is 0 Å². The van der Waals surface area contributed by atoms with Crippen molar-refractivity contribution < 1.29 is 4.39 Å². The van der Waals surface area contributed by atoms with Crippen molar-refractivity contribution in [2.24, 2.45) is 11.3 Å². The van der Waals surface area contributed by atoms with Gasteiger partial charge in [0.25, 0.3) is 0 Å². The molecule has 1 aliphatic rings. The lowest BCUT2D eigenvalue weighted by Crippen LogP contribution is -2.28. The molecule has 0 bridgehead atoms. The minimum Gasteiger partial charge on any atom is -0.316 e. The van der Waals surface area contributed by atoms with E-state index in [0.29, 0.717) is 11.3 Å². The molecular formula is C15H21BrFN. The van der Waals surface area contributed by atoms with E-state index in [-0.39, 0.29) is 5.82 Å². The molecule has 0 radical (unpaired) electrons. The highest BCUT2D eigenvalue weighted by molar-refractivity contribution is 9.10. The van der Waals surface area contributed by atoms with Crippen molar-refractivity contribution in [2.45, 2.75) is 33.1 Å². The first-order chi connectivity index (χ1) is 8.51. The van der Waals surface area contributed by atoms with E-state index in [1.54, 1.807) is 12.1 Å². The highest BCUT2D eigenvalue weighted by atomic mass is 79.9. The lowest BCUT2D eigenvalue weighted by atomic mass is 9.96. The molecule has 0 atom stereocenters. The molecule has 0 amide bonds. The highest BCUT2D eigenvalue weighted by Crippen LogP contribution is 2.48. The van der Waals surface area contributed by atoms with Gasteiger partial charge in [0.05, 0.1) is 0 Å². The second-order valence-corrected chi connectivity index (χ2v) is 6.79. The Kier molecular flexibility index (Phi) is 4.44. The average molecular weight is 314 g/mol. The zero-order valence-electron chi connectivity index (χ0n) is 11.1. The van der Waals surface area contributed by atoms with Gasteiger partial charge in [0.2, 0.25) is 0 Å². The molecule has 3 heteroatoms. The molecule has 1 nitrogen and oxygen atoms in total. The largest absolute Gasteiger partial charge is 0.316 e. The summed E-state index contributed by atoms with van der Waals surface area (Å²) in [6.07, 6.45) is 3.60. The second kappa shape index (κ2) is 5.70. The third-order valence-corrected chi connectivity index (χ3v) is 4.33. The van der Waals surface area contributed by atoms with E-state index >= 15 is 0 Å². The summed E-state index contributed by atoms with van der Waals surface area (Å²) < 4.78 is 13.9. The summed E-state index contributed by atoms with van der Waals surface area (Å²) in [7, 11) is 0. The van der Waals surface area contributed by atoms with Crippen LogP contribution in [-0.4, -0.2) is 13.1 Å². The van der Waals surface area contributed by atoms with Crippen molar-refractivity contribution in [3.8, 4) is 0 Å². The third kappa shape index (κ3) is 3.79. The first-order valence-corrected chi connectivity index (χ1v) is 7.45. The maximum absolute atomic E-state index is 13.0. The zero-order chi connectivity index (χ0) is 13.2. The van der Waals surface area contributed by atoms with Gasteiger partial charge >= 0.3 is 0 Å². The monoisotopic (exact) mass is 313 g/mol. The second-order valence-electron chi connectivity index (χ2n) is 5.94. The van der Waals surface area contributed by atoms with E-state index in [9.17, 15) is 4.39 Å². The first-order valence-electron chi connectivity index (χ1n) is 6.65. The predicted octanol–water partition coefficient (Wildman–Crippen LogP) is 4.16. The van der Waals surface area contributed by atoms with E-state index in [0.717, 1.165) is 24.0 Å². The molecule has 18 heavy (non-hydrogen) atoms. The molecular weight excluding hydrogens is 293 g/mol. The van der Waals surface area contributed by atoms with Gasteiger partial charge in [-0.1, -0.05) is 35.8 Å². The molecule has 1 saturated carbocycles. The van der Waals surface area contributed by atoms with Crippen molar-refractivity contribution in [3.05, 3.63) is 34.1 Å². The Morgan fingerprint density at radius 1 is 1.39 bits per heavy atom. The summed E-state index contributed by atoms with van der Waals surface area (Å²) in [6, 6.07) is 5.02. The molecule has 100 valence electrons. The van der Waals surface area contributed by atoms with Crippen LogP contribution in [0.4, 0.5) is 4.39 Å². The maximum atomic E-state index is 13.0. The van der Waals surface area contributed by atoms with Gasteiger partial charge in [0.1, 0.15) is 5.82 Å². The quantitative estimate of drug-likeness (QED) is 0.831. The fraction of sp³-hybridized carbons (Fsp3) is 0.600. The van der Waals surface area contributed by atoms with Crippen molar-refractivity contribution in [2.75, 3.05) is 13.1 Å². The van der Waals surface area contributed by atoms with Crippen LogP contribution in [0, 0.1) is 17.2 Å². The number of hydrogen-bond donors (Lipinski definition) is 1. The van der Waals surface area contributed by atoms with Crippen LogP contribution in [-0.2, 0) is 6.42 Å². The number of rotatable bonds is 6. The lowest BCUT2D eigenvalue weighted by Gasteiger charge is -2.18. The van der Waals surface area contributed by atoms with Gasteiger partial charge in [-0.2, -0.15) is 0 Å². The molecule has 2 rings (SSSR count). The molecule has 0 unspecified atom stereocenters. The maximum Gasteiger partial charge on any atom is 0.124 e. The van der Waals surface area contributed by atoms with Gasteiger partial charge in [0.15, 0.2) is 0 Å². The topological polar surface area (TPSA) is 12.0 Å². The fourth-order valence-electron chi connectivity index (χ4n) is 2.29. The minimum atomic E-state index is -0.173. The molecule has 0 aliphatic heterocycles. The van der Waals surface area contributed by atoms with Crippen molar-refractivity contribution in [3.63, 3.8) is 0 Å². The Labute approximate surface area is 117 Å². The van der Waals surface area contributed by atoms with Crippen LogP contribution in [0.3, 0.4) is 0 Å². The zero-order valence-corrected chi connectivity index (χ0v) is 12.7. The summed E-state index contributed by atoms with van der Waals surface area (Å²) in [4.78, 5) is 0. The molecule has 0 spiro atoms. The van der Waals surface area contributed by atoms with Gasteiger partial charge in [0, 0.05) is 11.0 Å². The Morgan fingerprint density at radius 3 is 2.67 bits per heavy atom. The smallest absolute Gasteiger partial charge is 0.124 e. The number of nitrogens with one attached hydrogen (secondary N) is 1. The average Bonchev–Trinajstić information content (AvgIpc) is 3.02. The fourth-order valence-corrected chi connectivity index (χ4v) is 2.78. The number of halogens is 2. The number of hydrogen-bond acceptors (Lipinski definition) is 1. The molecule has 1 N–H and O–H groups in total. The highest BCUT2D eigenvalue weighted by Gasteiger charge is 2.42. The van der Waals surface area contributed by atoms with Crippen LogP contribution >= 0.6 is 15.9 Å². The predicted molar refractivity (Wildman–Crippen MR) is 77.2 cm³/mol. The Bertz CT molecular complexity index is 413. The van der Waals surface area contributed by atoms with Gasteiger partial charge in [-0.25, -0.2) is 4.39 Å². The van der Waals surface area contributed by atoms with Crippen LogP contribution in [0.1, 0.15) is 32.3 Å². The molecule has 0 heterocycles. The van der Waals surface area contributed by atoms with Crippen molar-refractivity contribution in [1.82, 2.24) is 5.32 Å². The van der Waals surface area contributed by atoms with Crippen LogP contribution < -0.4 is 5.32 Å². The molecule has 1 fully saturated rings. The van der Waals surface area contributed by atoms with Crippen LogP contribution in [0.2, 0.25) is 0 Å². The Morgan fingerprint density at radius 2 is 2.11 bits per heavy atom. The molecule has 1 aliphatic carbocycles. The van der Waals surface area contributed by atoms with Crippen LogP contribution in [0.25, 0.3) is 0 Å². The van der Waals surface area contributed by atoms with Gasteiger partial charge < -0.3 is 5.32 Å². The Hall–Kier alpha value is -0.410. The van der Waals surface area contributed by atoms with E-state index in [4.69, 9.17) is 0 Å². The van der Waals surface area contributed by atoms with Gasteiger partial charge in [-0.15, -0.1) is 0 Å². The lowest BCUT2D eigenvalue weighted by molar-refractivity contribution is 0.431. The van der Waals surface area contributed by atoms with Crippen LogP contribution in [0.15, 0.2) is 22.7 Å². The molecule has 0 saturated heterocycles. The summed E-state index contributed by atoms with van der Waals surface area (Å²) in [5.41, 5.74) is 1.63. The minimum absolute atomic E-state index is 0.173. The normalized spacial score (nSPS) is 17.2. The van der Waals surface area contributed by atoms with Gasteiger partial charge in [-0.3, -0.25) is 0 Å². The van der Waals surface area contributed by atoms with Gasteiger partial charge in [-0.05, 0) is 54.8 Å². The number of benzene rings is 1. The summed E-state index contributed by atoms with van der Waals surface area (Å²) >= 11 is 3.46. The molecule has 1 aromatic rings. The van der Waals surface area contributed by atoms with E-state index in [1.165, 1.54) is 18.4 Å². The summed E-state index contributed by atoms with van der Waals surface area (Å²) in [5, 5.41) is 3.55. The van der Waals surface area contributed by atoms with E-state index in [2.05, 4.69) is 35.1 Å². The Balaban J connectivity index is 1.92. The standard InChI is InChI=1S/C15H21BrFN/c1-11(2)9-18-10-15(5-6-15)8-12-3-4-13(17)7-14(12)16/h3-4,7,11,18H,5-6,8-10H2,1-2H3. The van der Waals surface area contributed by atoms with Crippen LogP contribution in [0.5, 0.6) is 0 Å².